The maximum Gasteiger partial charge on any atom is 0.326 e. The van der Waals surface area contributed by atoms with Gasteiger partial charge < -0.3 is 5.32 Å². The van der Waals surface area contributed by atoms with E-state index in [2.05, 4.69) is 10.4 Å². The van der Waals surface area contributed by atoms with Crippen LogP contribution in [0.1, 0.15) is 42.0 Å². The first-order valence-electron chi connectivity index (χ1n) is 10.3. The van der Waals surface area contributed by atoms with Crippen molar-refractivity contribution in [2.75, 3.05) is 10.2 Å². The van der Waals surface area contributed by atoms with Gasteiger partial charge in [0.2, 0.25) is 0 Å². The fourth-order valence-electron chi connectivity index (χ4n) is 3.70. The average Bonchev–Trinajstić information content (AvgIpc) is 2.98. The van der Waals surface area contributed by atoms with Crippen molar-refractivity contribution in [1.82, 2.24) is 14.8 Å². The predicted octanol–water partition coefficient (Wildman–Crippen LogP) is 5.51. The van der Waals surface area contributed by atoms with Crippen LogP contribution in [-0.2, 0) is 19.5 Å². The highest BCUT2D eigenvalue weighted by molar-refractivity contribution is 6.31. The van der Waals surface area contributed by atoms with Crippen molar-refractivity contribution in [1.29, 1.82) is 0 Å². The van der Waals surface area contributed by atoms with Gasteiger partial charge in [-0.25, -0.2) is 14.5 Å². The molecule has 2 heterocycles. The van der Waals surface area contributed by atoms with Gasteiger partial charge in [-0.3, -0.25) is 4.90 Å². The molecule has 1 aromatic heterocycles. The van der Waals surface area contributed by atoms with Gasteiger partial charge in [0.1, 0.15) is 5.82 Å². The standard InChI is InChI=1S/C23H26ClN5O/c1-16-10-12-18(13-11-16)25-23(30)28(20-8-6-7-19(24)17(20)2)15-21-26-22-9-4-3-5-14-29(22)27-21/h6-8,10-13H,3-5,9,14-15H2,1-2H3,(H,25,30). The number of hydrogen-bond donors (Lipinski definition) is 1. The van der Waals surface area contributed by atoms with Crippen molar-refractivity contribution < 1.29 is 4.79 Å². The zero-order valence-electron chi connectivity index (χ0n) is 17.4. The molecule has 0 atom stereocenters. The Hall–Kier alpha value is -2.86. The Morgan fingerprint density at radius 2 is 1.93 bits per heavy atom. The molecule has 30 heavy (non-hydrogen) atoms. The van der Waals surface area contributed by atoms with E-state index in [1.165, 1.54) is 6.42 Å². The predicted molar refractivity (Wildman–Crippen MR) is 120 cm³/mol. The molecule has 0 unspecified atom stereocenters. The van der Waals surface area contributed by atoms with E-state index in [4.69, 9.17) is 16.6 Å². The van der Waals surface area contributed by atoms with Crippen LogP contribution in [0.5, 0.6) is 0 Å². The zero-order chi connectivity index (χ0) is 21.1. The molecule has 6 nitrogen and oxygen atoms in total. The van der Waals surface area contributed by atoms with Crippen molar-refractivity contribution in [2.24, 2.45) is 0 Å². The number of benzene rings is 2. The van der Waals surface area contributed by atoms with E-state index in [1.807, 2.05) is 61.0 Å². The number of halogens is 1. The summed E-state index contributed by atoms with van der Waals surface area (Å²) >= 11 is 6.35. The Balaban J connectivity index is 1.64. The molecule has 0 spiro atoms. The lowest BCUT2D eigenvalue weighted by Gasteiger charge is -2.24. The Labute approximate surface area is 181 Å². The van der Waals surface area contributed by atoms with E-state index in [0.717, 1.165) is 54.1 Å². The molecule has 0 saturated carbocycles. The summed E-state index contributed by atoms with van der Waals surface area (Å²) in [4.78, 5) is 19.7. The molecular weight excluding hydrogens is 398 g/mol. The summed E-state index contributed by atoms with van der Waals surface area (Å²) in [5.41, 5.74) is 3.47. The number of hydrogen-bond acceptors (Lipinski definition) is 3. The van der Waals surface area contributed by atoms with Gasteiger partial charge in [-0.2, -0.15) is 5.10 Å². The molecule has 0 radical (unpaired) electrons. The summed E-state index contributed by atoms with van der Waals surface area (Å²) in [7, 11) is 0. The number of urea groups is 1. The second-order valence-corrected chi connectivity index (χ2v) is 8.15. The smallest absolute Gasteiger partial charge is 0.308 e. The molecule has 1 aliphatic heterocycles. The molecule has 4 rings (SSSR count). The molecule has 1 N–H and O–H groups in total. The number of carbonyl (C=O) groups excluding carboxylic acids is 1. The van der Waals surface area contributed by atoms with E-state index >= 15 is 0 Å². The molecule has 3 aromatic rings. The van der Waals surface area contributed by atoms with Gasteiger partial charge >= 0.3 is 6.03 Å². The van der Waals surface area contributed by atoms with Gasteiger partial charge in [-0.1, -0.05) is 41.8 Å². The second-order valence-electron chi connectivity index (χ2n) is 7.74. The number of rotatable bonds is 4. The Morgan fingerprint density at radius 3 is 2.73 bits per heavy atom. The monoisotopic (exact) mass is 423 g/mol. The van der Waals surface area contributed by atoms with Crippen LogP contribution in [0.3, 0.4) is 0 Å². The Bertz CT molecular complexity index is 1020. The lowest BCUT2D eigenvalue weighted by Crippen LogP contribution is -2.35. The maximum absolute atomic E-state index is 13.3. The minimum atomic E-state index is -0.241. The van der Waals surface area contributed by atoms with Crippen LogP contribution in [0.15, 0.2) is 42.5 Å². The highest BCUT2D eigenvalue weighted by Gasteiger charge is 2.22. The molecule has 156 valence electrons. The maximum atomic E-state index is 13.3. The van der Waals surface area contributed by atoms with Crippen molar-refractivity contribution >= 4 is 29.0 Å². The van der Waals surface area contributed by atoms with Gasteiger partial charge in [0.05, 0.1) is 12.2 Å². The van der Waals surface area contributed by atoms with Gasteiger partial charge in [0.25, 0.3) is 0 Å². The number of carbonyl (C=O) groups is 1. The van der Waals surface area contributed by atoms with E-state index in [-0.39, 0.29) is 12.6 Å². The quantitative estimate of drug-likeness (QED) is 0.601. The Morgan fingerprint density at radius 1 is 1.13 bits per heavy atom. The topological polar surface area (TPSA) is 63.1 Å². The third-order valence-corrected chi connectivity index (χ3v) is 5.85. The number of nitrogens with one attached hydrogen (secondary N) is 1. The summed E-state index contributed by atoms with van der Waals surface area (Å²) in [6.07, 6.45) is 4.37. The normalized spacial score (nSPS) is 13.4. The van der Waals surface area contributed by atoms with Gasteiger partial charge in [-0.15, -0.1) is 0 Å². The SMILES string of the molecule is Cc1ccc(NC(=O)N(Cc2nc3n(n2)CCCCC3)c2cccc(Cl)c2C)cc1. The van der Waals surface area contributed by atoms with E-state index in [0.29, 0.717) is 10.8 Å². The highest BCUT2D eigenvalue weighted by Crippen LogP contribution is 2.28. The number of nitrogens with zero attached hydrogens (tertiary/aromatic N) is 4. The lowest BCUT2D eigenvalue weighted by molar-refractivity contribution is 0.256. The molecule has 0 aliphatic carbocycles. The molecule has 0 saturated heterocycles. The molecule has 1 aliphatic rings. The summed E-state index contributed by atoms with van der Waals surface area (Å²) in [5.74, 6) is 1.65. The first kappa shape index (κ1) is 20.4. The minimum Gasteiger partial charge on any atom is -0.308 e. The molecule has 7 heteroatoms. The van der Waals surface area contributed by atoms with Gasteiger partial charge in [0, 0.05) is 23.7 Å². The first-order chi connectivity index (χ1) is 14.5. The van der Waals surface area contributed by atoms with Crippen molar-refractivity contribution in [3.8, 4) is 0 Å². The number of anilines is 2. The largest absolute Gasteiger partial charge is 0.326 e. The van der Waals surface area contributed by atoms with Crippen molar-refractivity contribution in [2.45, 2.75) is 52.6 Å². The fraction of sp³-hybridized carbons (Fsp3) is 0.348. The third-order valence-electron chi connectivity index (χ3n) is 5.44. The van der Waals surface area contributed by atoms with E-state index in [1.54, 1.807) is 4.90 Å². The average molecular weight is 424 g/mol. The van der Waals surface area contributed by atoms with Crippen LogP contribution in [0.2, 0.25) is 5.02 Å². The third kappa shape index (κ3) is 4.49. The minimum absolute atomic E-state index is 0.241. The van der Waals surface area contributed by atoms with E-state index < -0.39 is 0 Å². The van der Waals surface area contributed by atoms with Crippen LogP contribution in [-0.4, -0.2) is 20.8 Å². The Kier molecular flexibility index (Phi) is 6.04. The molecular formula is C23H26ClN5O. The zero-order valence-corrected chi connectivity index (χ0v) is 18.1. The molecule has 2 amide bonds. The van der Waals surface area contributed by atoms with Crippen LogP contribution in [0.4, 0.5) is 16.2 Å². The van der Waals surface area contributed by atoms with Crippen LogP contribution in [0.25, 0.3) is 0 Å². The van der Waals surface area contributed by atoms with Gasteiger partial charge in [0.15, 0.2) is 5.82 Å². The number of fused-ring (bicyclic) bond motifs is 1. The fourth-order valence-corrected chi connectivity index (χ4v) is 3.87. The highest BCUT2D eigenvalue weighted by atomic mass is 35.5. The summed E-state index contributed by atoms with van der Waals surface area (Å²) < 4.78 is 1.99. The molecule has 0 fully saturated rings. The number of aromatic nitrogens is 3. The number of amides is 2. The lowest BCUT2D eigenvalue weighted by atomic mass is 10.2. The molecule has 0 bridgehead atoms. The first-order valence-corrected chi connectivity index (χ1v) is 10.7. The van der Waals surface area contributed by atoms with Crippen LogP contribution >= 0.6 is 11.6 Å². The van der Waals surface area contributed by atoms with Crippen molar-refractivity contribution in [3.63, 3.8) is 0 Å². The van der Waals surface area contributed by atoms with Gasteiger partial charge in [-0.05, 0) is 56.5 Å². The van der Waals surface area contributed by atoms with Crippen molar-refractivity contribution in [3.05, 3.63) is 70.3 Å². The number of aryl methyl sites for hydroxylation is 3. The van der Waals surface area contributed by atoms with E-state index in [9.17, 15) is 4.79 Å². The summed E-state index contributed by atoms with van der Waals surface area (Å²) in [6, 6.07) is 13.1. The van der Waals surface area contributed by atoms with Crippen LogP contribution in [0, 0.1) is 13.8 Å². The summed E-state index contributed by atoms with van der Waals surface area (Å²) in [6.45, 7) is 5.09. The summed E-state index contributed by atoms with van der Waals surface area (Å²) in [5, 5.41) is 8.29. The molecule has 2 aromatic carbocycles. The van der Waals surface area contributed by atoms with Crippen LogP contribution < -0.4 is 10.2 Å². The second kappa shape index (κ2) is 8.88.